The van der Waals surface area contributed by atoms with Gasteiger partial charge in [-0.25, -0.2) is 0 Å². The summed E-state index contributed by atoms with van der Waals surface area (Å²) in [4.78, 5) is 24.0. The van der Waals surface area contributed by atoms with Gasteiger partial charge in [-0.05, 0) is 57.8 Å². The number of aliphatic hydroxyl groups is 1. The fourth-order valence-corrected chi connectivity index (χ4v) is 6.05. The van der Waals surface area contributed by atoms with Crippen LogP contribution in [0, 0.1) is 0 Å². The summed E-state index contributed by atoms with van der Waals surface area (Å²) in [5.41, 5.74) is 0. The predicted molar refractivity (Wildman–Crippen MR) is 223 cm³/mol. The number of carbonyl (C=O) groups is 2. The third-order valence-corrected chi connectivity index (χ3v) is 9.33. The maximum Gasteiger partial charge on any atom is 0.306 e. The molecule has 0 aromatic rings. The molecule has 1 N–H and O–H groups in total. The second-order valence-corrected chi connectivity index (χ2v) is 14.4. The molecule has 0 amide bonds. The van der Waals surface area contributed by atoms with Crippen LogP contribution in [0.5, 0.6) is 0 Å². The van der Waals surface area contributed by atoms with E-state index < -0.39 is 6.10 Å². The molecule has 0 aliphatic heterocycles. The van der Waals surface area contributed by atoms with Crippen molar-refractivity contribution in [2.45, 2.75) is 213 Å². The van der Waals surface area contributed by atoms with Crippen molar-refractivity contribution >= 4 is 11.9 Å². The van der Waals surface area contributed by atoms with Crippen LogP contribution in [0.1, 0.15) is 206 Å². The van der Waals surface area contributed by atoms with E-state index >= 15 is 0 Å². The highest BCUT2D eigenvalue weighted by Crippen LogP contribution is 2.15. The minimum Gasteiger partial charge on any atom is -0.462 e. The van der Waals surface area contributed by atoms with Crippen LogP contribution in [0.15, 0.2) is 60.8 Å². The molecule has 0 rings (SSSR count). The van der Waals surface area contributed by atoms with Crippen LogP contribution in [0.25, 0.3) is 0 Å². The Bertz CT molecular complexity index is 915. The van der Waals surface area contributed by atoms with E-state index in [0.717, 1.165) is 70.6 Å². The van der Waals surface area contributed by atoms with E-state index in [0.29, 0.717) is 12.8 Å². The lowest BCUT2D eigenvalue weighted by Crippen LogP contribution is -2.28. The molecule has 52 heavy (non-hydrogen) atoms. The molecule has 5 nitrogen and oxygen atoms in total. The Balaban J connectivity index is 3.41. The molecule has 1 unspecified atom stereocenters. The Morgan fingerprint density at radius 1 is 0.462 bits per heavy atom. The molecule has 1 atom stereocenters. The molecular formula is C47H82O5. The zero-order chi connectivity index (χ0) is 37.8. The number of ether oxygens (including phenoxy) is 2. The summed E-state index contributed by atoms with van der Waals surface area (Å²) in [6.45, 7) is 3.93. The number of rotatable bonds is 39. The summed E-state index contributed by atoms with van der Waals surface area (Å²) in [6, 6.07) is 0. The van der Waals surface area contributed by atoms with E-state index in [-0.39, 0.29) is 25.2 Å². The first-order chi connectivity index (χ1) is 25.6. The van der Waals surface area contributed by atoms with Gasteiger partial charge in [0.25, 0.3) is 0 Å². The van der Waals surface area contributed by atoms with Gasteiger partial charge >= 0.3 is 11.9 Å². The first kappa shape index (κ1) is 49.6. The normalized spacial score (nSPS) is 12.8. The standard InChI is InChI=1S/C47H82O5/c1-3-5-7-9-10-11-12-13-14-15-16-17-18-19-20-21-22-23-24-25-26-27-28-29-30-31-32-33-34-35-36-38-40-42-47(50)52-45(43-48)44-51-46(49)41-39-37-8-6-4-2/h5,7,10-11,13-14,16-17,19-20,45,48H,3-4,6,8-9,12,15,18,21-44H2,1-2H3/b7-5-,11-10-,14-13-,17-16-,20-19-. The zero-order valence-electron chi connectivity index (χ0n) is 34.1. The molecule has 5 heteroatoms. The van der Waals surface area contributed by atoms with Crippen LogP contribution >= 0.6 is 0 Å². The smallest absolute Gasteiger partial charge is 0.306 e. The molecule has 0 spiro atoms. The molecule has 300 valence electrons. The van der Waals surface area contributed by atoms with Crippen molar-refractivity contribution in [3.8, 4) is 0 Å². The van der Waals surface area contributed by atoms with E-state index in [2.05, 4.69) is 74.6 Å². The maximum absolute atomic E-state index is 12.1. The molecule has 0 bridgehead atoms. The Labute approximate surface area is 321 Å². The highest BCUT2D eigenvalue weighted by molar-refractivity contribution is 5.70. The van der Waals surface area contributed by atoms with E-state index in [4.69, 9.17) is 9.47 Å². The van der Waals surface area contributed by atoms with Crippen LogP contribution in [0.4, 0.5) is 0 Å². The Morgan fingerprint density at radius 2 is 0.827 bits per heavy atom. The van der Waals surface area contributed by atoms with Gasteiger partial charge in [-0.15, -0.1) is 0 Å². The number of esters is 2. The SMILES string of the molecule is CC/C=C\C/C=C\C/C=C\C/C=C\C/C=C\CCCCCCCCCCCCCCCCCCCC(=O)OC(CO)COC(=O)CCCCCCC. The van der Waals surface area contributed by atoms with Crippen molar-refractivity contribution in [3.05, 3.63) is 60.8 Å². The van der Waals surface area contributed by atoms with Gasteiger partial charge in [0.1, 0.15) is 6.61 Å². The first-order valence-corrected chi connectivity index (χ1v) is 21.8. The van der Waals surface area contributed by atoms with Gasteiger partial charge in [0.2, 0.25) is 0 Å². The van der Waals surface area contributed by atoms with Crippen molar-refractivity contribution in [1.29, 1.82) is 0 Å². The van der Waals surface area contributed by atoms with E-state index in [1.807, 2.05) is 0 Å². The Morgan fingerprint density at radius 3 is 1.25 bits per heavy atom. The lowest BCUT2D eigenvalue weighted by atomic mass is 10.0. The minimum atomic E-state index is -0.766. The quantitative estimate of drug-likeness (QED) is 0.0388. The van der Waals surface area contributed by atoms with Crippen molar-refractivity contribution in [3.63, 3.8) is 0 Å². The largest absolute Gasteiger partial charge is 0.462 e. The van der Waals surface area contributed by atoms with Crippen LogP contribution in [0.2, 0.25) is 0 Å². The van der Waals surface area contributed by atoms with Crippen LogP contribution < -0.4 is 0 Å². The van der Waals surface area contributed by atoms with Crippen molar-refractivity contribution < 1.29 is 24.2 Å². The van der Waals surface area contributed by atoms with Gasteiger partial charge in [0, 0.05) is 12.8 Å². The van der Waals surface area contributed by atoms with Gasteiger partial charge in [0.05, 0.1) is 6.61 Å². The number of aliphatic hydroxyl groups excluding tert-OH is 1. The molecule has 0 fully saturated rings. The molecule has 0 aromatic heterocycles. The lowest BCUT2D eigenvalue weighted by Gasteiger charge is -2.15. The summed E-state index contributed by atoms with van der Waals surface area (Å²) in [5.74, 6) is -0.602. The predicted octanol–water partition coefficient (Wildman–Crippen LogP) is 14.0. The number of unbranched alkanes of at least 4 members (excludes halogenated alkanes) is 21. The van der Waals surface area contributed by atoms with Crippen molar-refractivity contribution in [2.24, 2.45) is 0 Å². The molecule has 0 aromatic carbocycles. The summed E-state index contributed by atoms with van der Waals surface area (Å²) in [6.07, 6.45) is 56.4. The number of carbonyl (C=O) groups excluding carboxylic acids is 2. The van der Waals surface area contributed by atoms with Gasteiger partial charge in [-0.2, -0.15) is 0 Å². The molecule has 0 saturated heterocycles. The fraction of sp³-hybridized carbons (Fsp3) is 0.745. The van der Waals surface area contributed by atoms with E-state index in [1.165, 1.54) is 109 Å². The second kappa shape index (κ2) is 43.0. The fourth-order valence-electron chi connectivity index (χ4n) is 6.05. The summed E-state index contributed by atoms with van der Waals surface area (Å²) >= 11 is 0. The summed E-state index contributed by atoms with van der Waals surface area (Å²) in [7, 11) is 0. The van der Waals surface area contributed by atoms with E-state index in [9.17, 15) is 14.7 Å². The van der Waals surface area contributed by atoms with Crippen molar-refractivity contribution in [2.75, 3.05) is 13.2 Å². The van der Waals surface area contributed by atoms with Crippen molar-refractivity contribution in [1.82, 2.24) is 0 Å². The van der Waals surface area contributed by atoms with Gasteiger partial charge in [0.15, 0.2) is 6.10 Å². The highest BCUT2D eigenvalue weighted by atomic mass is 16.6. The molecule has 0 saturated carbocycles. The van der Waals surface area contributed by atoms with Gasteiger partial charge in [-0.3, -0.25) is 9.59 Å². The number of hydrogen-bond donors (Lipinski definition) is 1. The monoisotopic (exact) mass is 727 g/mol. The summed E-state index contributed by atoms with van der Waals surface area (Å²) < 4.78 is 10.5. The minimum absolute atomic E-state index is 0.0655. The lowest BCUT2D eigenvalue weighted by molar-refractivity contribution is -0.161. The number of allylic oxidation sites excluding steroid dienone is 10. The number of hydrogen-bond acceptors (Lipinski definition) is 5. The Kier molecular flexibility index (Phi) is 41.0. The third-order valence-electron chi connectivity index (χ3n) is 9.33. The first-order valence-electron chi connectivity index (χ1n) is 21.8. The van der Waals surface area contributed by atoms with Gasteiger partial charge in [-0.1, -0.05) is 197 Å². The molecule has 0 heterocycles. The molecular weight excluding hydrogens is 645 g/mol. The van der Waals surface area contributed by atoms with Crippen LogP contribution in [-0.2, 0) is 19.1 Å². The zero-order valence-corrected chi connectivity index (χ0v) is 34.1. The topological polar surface area (TPSA) is 72.8 Å². The maximum atomic E-state index is 12.1. The highest BCUT2D eigenvalue weighted by Gasteiger charge is 2.16. The van der Waals surface area contributed by atoms with Gasteiger partial charge < -0.3 is 14.6 Å². The average Bonchev–Trinajstić information content (AvgIpc) is 3.15. The average molecular weight is 727 g/mol. The van der Waals surface area contributed by atoms with E-state index in [1.54, 1.807) is 0 Å². The third kappa shape index (κ3) is 40.4. The second-order valence-electron chi connectivity index (χ2n) is 14.4. The van der Waals surface area contributed by atoms with Crippen LogP contribution in [-0.4, -0.2) is 36.4 Å². The Hall–Kier alpha value is -2.40. The molecule has 0 radical (unpaired) electrons. The summed E-state index contributed by atoms with van der Waals surface area (Å²) in [5, 5.41) is 9.48. The molecule has 0 aliphatic carbocycles. The van der Waals surface area contributed by atoms with Crippen LogP contribution in [0.3, 0.4) is 0 Å². The molecule has 0 aliphatic rings.